The molecule has 9 nitrogen and oxygen atoms in total. The maximum atomic E-state index is 13.8. The highest BCUT2D eigenvalue weighted by molar-refractivity contribution is 6.30. The number of carbonyl (C=O) groups excluding carboxylic acids is 3. The lowest BCUT2D eigenvalue weighted by molar-refractivity contribution is -0.0491. The molecule has 2 saturated heterocycles. The van der Waals surface area contributed by atoms with Gasteiger partial charge in [0.05, 0.1) is 5.69 Å². The van der Waals surface area contributed by atoms with Crippen LogP contribution in [-0.4, -0.2) is 59.8 Å². The average Bonchev–Trinajstić information content (AvgIpc) is 3.33. The fourth-order valence-corrected chi connectivity index (χ4v) is 6.60. The van der Waals surface area contributed by atoms with E-state index in [1.807, 2.05) is 12.1 Å². The van der Waals surface area contributed by atoms with Gasteiger partial charge < -0.3 is 19.7 Å². The number of piperidine rings is 1. The number of ether oxygens (including phenoxy) is 2. The summed E-state index contributed by atoms with van der Waals surface area (Å²) in [7, 11) is 0. The van der Waals surface area contributed by atoms with Crippen molar-refractivity contribution in [2.24, 2.45) is 0 Å². The summed E-state index contributed by atoms with van der Waals surface area (Å²) >= 11 is 6.25. The molecule has 3 aliphatic heterocycles. The Morgan fingerprint density at radius 3 is 2.50 bits per heavy atom. The number of urea groups is 1. The summed E-state index contributed by atoms with van der Waals surface area (Å²) in [6, 6.07) is 7.49. The molecule has 6 rings (SSSR count). The Morgan fingerprint density at radius 2 is 1.77 bits per heavy atom. The predicted molar refractivity (Wildman–Crippen MR) is 141 cm³/mol. The first-order valence-electron chi connectivity index (χ1n) is 13.5. The number of likely N-dealkylation sites (tertiary alicyclic amines) is 1. The minimum absolute atomic E-state index is 0.122. The Bertz CT molecular complexity index is 1340. The molecule has 1 saturated carbocycles. The van der Waals surface area contributed by atoms with Crippen LogP contribution >= 0.6 is 11.6 Å². The zero-order valence-corrected chi connectivity index (χ0v) is 22.4. The molecule has 3 heterocycles. The largest absolute Gasteiger partial charge is 0.446 e. The Labute approximate surface area is 234 Å². The van der Waals surface area contributed by atoms with Crippen LogP contribution in [0.5, 0.6) is 0 Å². The van der Waals surface area contributed by atoms with E-state index in [0.29, 0.717) is 23.9 Å². The zero-order chi connectivity index (χ0) is 28.0. The second kappa shape index (κ2) is 10.5. The number of nitrogens with zero attached hydrogens (tertiary/aromatic N) is 2. The molecule has 2 aromatic carbocycles. The first-order chi connectivity index (χ1) is 19.2. The summed E-state index contributed by atoms with van der Waals surface area (Å²) in [4.78, 5) is 41.0. The van der Waals surface area contributed by atoms with Crippen molar-refractivity contribution < 1.29 is 32.6 Å². The minimum atomic E-state index is -1.05. The fourth-order valence-electron chi connectivity index (χ4n) is 6.43. The van der Waals surface area contributed by atoms with Gasteiger partial charge in [0.2, 0.25) is 0 Å². The summed E-state index contributed by atoms with van der Waals surface area (Å²) in [6.45, 7) is 1.40. The van der Waals surface area contributed by atoms with Crippen molar-refractivity contribution in [2.75, 3.05) is 25.0 Å². The van der Waals surface area contributed by atoms with Crippen LogP contribution in [0.2, 0.25) is 5.02 Å². The number of fused-ring (bicyclic) bond motifs is 2. The van der Waals surface area contributed by atoms with Crippen molar-refractivity contribution in [3.63, 3.8) is 0 Å². The number of anilines is 1. The molecular formula is C28H29ClF2N4O5. The Balaban J connectivity index is 1.04. The topological polar surface area (TPSA) is 100 Å². The van der Waals surface area contributed by atoms with Crippen molar-refractivity contribution in [3.05, 3.63) is 64.2 Å². The highest BCUT2D eigenvalue weighted by Gasteiger charge is 2.46. The first kappa shape index (κ1) is 26.8. The third kappa shape index (κ3) is 4.96. The number of imide groups is 1. The summed E-state index contributed by atoms with van der Waals surface area (Å²) < 4.78 is 38.0. The molecule has 4 aliphatic rings. The second-order valence-electron chi connectivity index (χ2n) is 10.8. The Hall–Kier alpha value is -3.44. The Kier molecular flexibility index (Phi) is 7.03. The first-order valence-corrected chi connectivity index (χ1v) is 13.9. The van der Waals surface area contributed by atoms with Crippen molar-refractivity contribution in [2.45, 2.75) is 62.3 Å². The lowest BCUT2D eigenvalue weighted by Crippen LogP contribution is -2.53. The number of rotatable bonds is 3. The van der Waals surface area contributed by atoms with Crippen LogP contribution in [0.15, 0.2) is 36.4 Å². The SMILES string of the molecule is O=C1Nc2ccc(Cl)cc2C2(CCN(C3CCC(NC(=O)N4C(=O)OC[C@@H]4c4ccc(F)c(F)c4)CC3)CC2)O1. The number of carbonyl (C=O) groups is 3. The van der Waals surface area contributed by atoms with Gasteiger partial charge in [0, 0.05) is 48.6 Å². The van der Waals surface area contributed by atoms with Crippen LogP contribution in [0.1, 0.15) is 55.7 Å². The zero-order valence-electron chi connectivity index (χ0n) is 21.6. The molecule has 0 aromatic heterocycles. The highest BCUT2D eigenvalue weighted by atomic mass is 35.5. The van der Waals surface area contributed by atoms with Gasteiger partial charge in [-0.3, -0.25) is 5.32 Å². The molecule has 4 amide bonds. The van der Waals surface area contributed by atoms with Crippen LogP contribution in [0.3, 0.4) is 0 Å². The number of hydrogen-bond acceptors (Lipinski definition) is 6. The van der Waals surface area contributed by atoms with Crippen molar-refractivity contribution in [1.29, 1.82) is 0 Å². The summed E-state index contributed by atoms with van der Waals surface area (Å²) in [5, 5.41) is 6.29. The van der Waals surface area contributed by atoms with E-state index in [4.69, 9.17) is 21.1 Å². The fraction of sp³-hybridized carbons (Fsp3) is 0.464. The van der Waals surface area contributed by atoms with Crippen molar-refractivity contribution in [3.8, 4) is 0 Å². The molecule has 212 valence electrons. The second-order valence-corrected chi connectivity index (χ2v) is 11.3. The normalized spacial score (nSPS) is 26.1. The number of amides is 4. The van der Waals surface area contributed by atoms with E-state index in [1.54, 1.807) is 6.07 Å². The van der Waals surface area contributed by atoms with Gasteiger partial charge in [-0.1, -0.05) is 17.7 Å². The van der Waals surface area contributed by atoms with Gasteiger partial charge in [-0.05, 0) is 61.6 Å². The average molecular weight is 575 g/mol. The van der Waals surface area contributed by atoms with Crippen molar-refractivity contribution >= 4 is 35.5 Å². The van der Waals surface area contributed by atoms with E-state index in [2.05, 4.69) is 15.5 Å². The van der Waals surface area contributed by atoms with Crippen LogP contribution in [0, 0.1) is 11.6 Å². The smallest absolute Gasteiger partial charge is 0.418 e. The standard InChI is InChI=1S/C28H29ClF2N4O5/c29-17-2-8-23-20(14-17)28(40-26(37)33-23)9-11-34(12-10-28)19-5-3-18(4-6-19)32-25(36)35-24(15-39-27(35)38)16-1-7-21(30)22(31)13-16/h1-2,7-8,13-14,18-19,24H,3-6,9-12,15H2,(H,32,36)(H,33,37)/t18?,19?,24-/m1/s1. The Morgan fingerprint density at radius 1 is 1.02 bits per heavy atom. The van der Waals surface area contributed by atoms with E-state index >= 15 is 0 Å². The molecule has 2 aromatic rings. The molecule has 0 unspecified atom stereocenters. The van der Waals surface area contributed by atoms with E-state index in [0.717, 1.165) is 67.1 Å². The van der Waals surface area contributed by atoms with Crippen molar-refractivity contribution in [1.82, 2.24) is 15.1 Å². The lowest BCUT2D eigenvalue weighted by atomic mass is 9.80. The summed E-state index contributed by atoms with van der Waals surface area (Å²) in [6.07, 6.45) is 3.23. The van der Waals surface area contributed by atoms with Crippen LogP contribution < -0.4 is 10.6 Å². The van der Waals surface area contributed by atoms with Gasteiger partial charge in [-0.15, -0.1) is 0 Å². The third-order valence-corrected chi connectivity index (χ3v) is 8.80. The van der Waals surface area contributed by atoms with Crippen LogP contribution in [0.4, 0.5) is 28.9 Å². The third-order valence-electron chi connectivity index (χ3n) is 8.56. The van der Waals surface area contributed by atoms with Gasteiger partial charge in [0.25, 0.3) is 0 Å². The predicted octanol–water partition coefficient (Wildman–Crippen LogP) is 5.69. The summed E-state index contributed by atoms with van der Waals surface area (Å²) in [5.41, 5.74) is 1.24. The van der Waals surface area contributed by atoms with Gasteiger partial charge in [0.1, 0.15) is 18.2 Å². The number of nitrogens with one attached hydrogen (secondary N) is 2. The molecule has 2 N–H and O–H groups in total. The number of hydrogen-bond donors (Lipinski definition) is 2. The van der Waals surface area contributed by atoms with E-state index in [1.165, 1.54) is 6.07 Å². The van der Waals surface area contributed by atoms with E-state index in [-0.39, 0.29) is 18.2 Å². The molecular weight excluding hydrogens is 546 g/mol. The van der Waals surface area contributed by atoms with Gasteiger partial charge in [-0.2, -0.15) is 0 Å². The maximum absolute atomic E-state index is 13.8. The molecule has 1 aliphatic carbocycles. The molecule has 40 heavy (non-hydrogen) atoms. The molecule has 1 spiro atoms. The molecule has 0 radical (unpaired) electrons. The molecule has 3 fully saturated rings. The lowest BCUT2D eigenvalue weighted by Gasteiger charge is -2.47. The van der Waals surface area contributed by atoms with Crippen LogP contribution in [0.25, 0.3) is 0 Å². The maximum Gasteiger partial charge on any atom is 0.418 e. The van der Waals surface area contributed by atoms with Gasteiger partial charge in [-0.25, -0.2) is 28.1 Å². The van der Waals surface area contributed by atoms with Crippen LogP contribution in [-0.2, 0) is 15.1 Å². The molecule has 0 bridgehead atoms. The highest BCUT2D eigenvalue weighted by Crippen LogP contribution is 2.45. The minimum Gasteiger partial charge on any atom is -0.446 e. The van der Waals surface area contributed by atoms with E-state index < -0.39 is 41.5 Å². The van der Waals surface area contributed by atoms with E-state index in [9.17, 15) is 23.2 Å². The quantitative estimate of drug-likeness (QED) is 0.489. The number of benzene rings is 2. The molecule has 1 atom stereocenters. The number of halogens is 3. The van der Waals surface area contributed by atoms with Gasteiger partial charge >= 0.3 is 18.2 Å². The van der Waals surface area contributed by atoms with Gasteiger partial charge in [0.15, 0.2) is 11.6 Å². The summed E-state index contributed by atoms with van der Waals surface area (Å²) in [5.74, 6) is -2.05. The number of cyclic esters (lactones) is 1. The monoisotopic (exact) mass is 574 g/mol. The molecule has 12 heteroatoms.